The van der Waals surface area contributed by atoms with E-state index in [1.54, 1.807) is 0 Å². The van der Waals surface area contributed by atoms with Gasteiger partial charge in [0.15, 0.2) is 0 Å². The molecule has 3 aromatic rings. The lowest BCUT2D eigenvalue weighted by Gasteiger charge is -2.37. The van der Waals surface area contributed by atoms with Crippen LogP contribution in [-0.2, 0) is 19.6 Å². The summed E-state index contributed by atoms with van der Waals surface area (Å²) in [4.78, 5) is 8.24. The van der Waals surface area contributed by atoms with Crippen LogP contribution < -0.4 is 5.73 Å². The highest BCUT2D eigenvalue weighted by Gasteiger charge is 2.70. The highest BCUT2D eigenvalue weighted by Crippen LogP contribution is 2.69. The SMILES string of the molecule is NC(C(CCCCC12CC1CN(Cc1ccccc1)C2)C12CC1CN(Cc1ccccc1)C2)C12CC1CN(Cc1ccccc1)C2. The number of fused-ring (bicyclic) bond motifs is 3. The van der Waals surface area contributed by atoms with Gasteiger partial charge in [0.1, 0.15) is 0 Å². The minimum atomic E-state index is 0.347. The first-order valence-electron chi connectivity index (χ1n) is 18.6. The molecular formula is C42H54N4. The Labute approximate surface area is 277 Å². The summed E-state index contributed by atoms with van der Waals surface area (Å²) in [6.07, 6.45) is 9.80. The van der Waals surface area contributed by atoms with Crippen molar-refractivity contribution >= 4 is 0 Å². The Bertz CT molecular complexity index is 1500. The van der Waals surface area contributed by atoms with E-state index in [0.29, 0.717) is 28.2 Å². The van der Waals surface area contributed by atoms with Crippen molar-refractivity contribution in [2.75, 3.05) is 39.3 Å². The normalized spacial score (nSPS) is 35.8. The maximum absolute atomic E-state index is 7.62. The van der Waals surface area contributed by atoms with Crippen LogP contribution in [0, 0.1) is 39.9 Å². The van der Waals surface area contributed by atoms with Crippen LogP contribution in [0.4, 0.5) is 0 Å². The van der Waals surface area contributed by atoms with E-state index in [9.17, 15) is 0 Å². The van der Waals surface area contributed by atoms with Crippen molar-refractivity contribution in [3.8, 4) is 0 Å². The van der Waals surface area contributed by atoms with Crippen molar-refractivity contribution in [3.63, 3.8) is 0 Å². The van der Waals surface area contributed by atoms with Crippen molar-refractivity contribution in [1.29, 1.82) is 0 Å². The standard InChI is InChI=1S/C42H54N4/c43-39(42-22-37(42)28-46(31-42)25-34-16-8-3-9-17-34)38(41-21-36(41)27-45(30-41)24-33-14-6-2-7-15-33)18-10-11-19-40-20-35(40)26-44(29-40)23-32-12-4-1-5-13-32/h1-9,12-17,35-39H,10-11,18-31,43H2. The van der Waals surface area contributed by atoms with Crippen LogP contribution in [-0.4, -0.2) is 60.0 Å². The highest BCUT2D eigenvalue weighted by atomic mass is 15.2. The fraction of sp³-hybridized carbons (Fsp3) is 0.571. The van der Waals surface area contributed by atoms with Crippen LogP contribution in [0.5, 0.6) is 0 Å². The molecule has 3 saturated carbocycles. The number of piperidine rings is 3. The van der Waals surface area contributed by atoms with Gasteiger partial charge in [0, 0.05) is 70.4 Å². The lowest BCUT2D eigenvalue weighted by Crippen LogP contribution is -2.47. The fourth-order valence-electron chi connectivity index (χ4n) is 11.4. The molecule has 8 unspecified atom stereocenters. The third-order valence-electron chi connectivity index (χ3n) is 14.0. The van der Waals surface area contributed by atoms with E-state index >= 15 is 0 Å². The molecule has 46 heavy (non-hydrogen) atoms. The van der Waals surface area contributed by atoms with E-state index in [2.05, 4.69) is 106 Å². The third kappa shape index (κ3) is 5.48. The maximum atomic E-state index is 7.62. The smallest absolute Gasteiger partial charge is 0.0234 e. The van der Waals surface area contributed by atoms with Gasteiger partial charge in [0.2, 0.25) is 0 Å². The summed E-state index contributed by atoms with van der Waals surface area (Å²) < 4.78 is 0. The molecule has 3 heterocycles. The van der Waals surface area contributed by atoms with Crippen molar-refractivity contribution in [2.45, 2.75) is 70.6 Å². The second-order valence-corrected chi connectivity index (χ2v) is 16.9. The van der Waals surface area contributed by atoms with E-state index in [1.807, 2.05) is 0 Å². The quantitative estimate of drug-likeness (QED) is 0.197. The summed E-state index contributed by atoms with van der Waals surface area (Å²) in [7, 11) is 0. The Balaban J connectivity index is 0.856. The molecular weight excluding hydrogens is 560 g/mol. The molecule has 9 rings (SSSR count). The Morgan fingerprint density at radius 1 is 0.565 bits per heavy atom. The monoisotopic (exact) mass is 614 g/mol. The molecule has 0 bridgehead atoms. The number of likely N-dealkylation sites (tertiary alicyclic amines) is 3. The van der Waals surface area contributed by atoms with Gasteiger partial charge in [-0.3, -0.25) is 14.7 Å². The van der Waals surface area contributed by atoms with Crippen molar-refractivity contribution < 1.29 is 0 Å². The zero-order valence-corrected chi connectivity index (χ0v) is 27.8. The van der Waals surface area contributed by atoms with Gasteiger partial charge in [0.05, 0.1) is 0 Å². The predicted molar refractivity (Wildman–Crippen MR) is 187 cm³/mol. The van der Waals surface area contributed by atoms with Crippen LogP contribution in [0.2, 0.25) is 0 Å². The summed E-state index contributed by atoms with van der Waals surface area (Å²) in [5, 5.41) is 0. The molecule has 8 atom stereocenters. The molecule has 6 aliphatic rings. The molecule has 3 saturated heterocycles. The first kappa shape index (κ1) is 29.6. The van der Waals surface area contributed by atoms with Gasteiger partial charge in [-0.25, -0.2) is 0 Å². The van der Waals surface area contributed by atoms with Crippen molar-refractivity contribution in [3.05, 3.63) is 108 Å². The van der Waals surface area contributed by atoms with E-state index in [1.165, 1.54) is 101 Å². The van der Waals surface area contributed by atoms with Crippen molar-refractivity contribution in [1.82, 2.24) is 14.7 Å². The largest absolute Gasteiger partial charge is 0.327 e. The maximum Gasteiger partial charge on any atom is 0.0234 e. The van der Waals surface area contributed by atoms with E-state index in [4.69, 9.17) is 5.73 Å². The molecule has 3 aliphatic heterocycles. The molecule has 3 aromatic carbocycles. The van der Waals surface area contributed by atoms with Gasteiger partial charge >= 0.3 is 0 Å². The second-order valence-electron chi connectivity index (χ2n) is 16.9. The average molecular weight is 615 g/mol. The molecule has 4 nitrogen and oxygen atoms in total. The molecule has 242 valence electrons. The Hall–Kier alpha value is -2.50. The van der Waals surface area contributed by atoms with E-state index in [0.717, 1.165) is 37.4 Å². The Morgan fingerprint density at radius 2 is 1.04 bits per heavy atom. The molecule has 2 N–H and O–H groups in total. The van der Waals surface area contributed by atoms with E-state index in [-0.39, 0.29) is 0 Å². The number of unbranched alkanes of at least 4 members (excludes halogenated alkanes) is 1. The van der Waals surface area contributed by atoms with E-state index < -0.39 is 0 Å². The van der Waals surface area contributed by atoms with Gasteiger partial charge in [-0.15, -0.1) is 0 Å². The van der Waals surface area contributed by atoms with Crippen LogP contribution in [0.1, 0.15) is 61.6 Å². The number of benzene rings is 3. The first-order valence-corrected chi connectivity index (χ1v) is 18.6. The summed E-state index contributed by atoms with van der Waals surface area (Å²) in [6, 6.07) is 33.7. The summed E-state index contributed by atoms with van der Waals surface area (Å²) in [5.41, 5.74) is 13.4. The molecule has 0 spiro atoms. The number of hydrogen-bond donors (Lipinski definition) is 1. The molecule has 0 aromatic heterocycles. The zero-order valence-electron chi connectivity index (χ0n) is 27.8. The Kier molecular flexibility index (Phi) is 7.46. The lowest BCUT2D eigenvalue weighted by atomic mass is 9.72. The number of hydrogen-bond acceptors (Lipinski definition) is 4. The van der Waals surface area contributed by atoms with Crippen LogP contribution in [0.15, 0.2) is 91.0 Å². The van der Waals surface area contributed by atoms with Gasteiger partial charge in [-0.1, -0.05) is 104 Å². The summed E-state index contributed by atoms with van der Waals surface area (Å²) in [6.45, 7) is 10.9. The lowest BCUT2D eigenvalue weighted by molar-refractivity contribution is 0.142. The minimum absolute atomic E-state index is 0.347. The third-order valence-corrected chi connectivity index (χ3v) is 14.0. The van der Waals surface area contributed by atoms with Gasteiger partial charge in [-0.05, 0) is 83.3 Å². The van der Waals surface area contributed by atoms with Gasteiger partial charge in [-0.2, -0.15) is 0 Å². The number of nitrogens with two attached hydrogens (primary N) is 1. The molecule has 4 heteroatoms. The number of nitrogens with zero attached hydrogens (tertiary/aromatic N) is 3. The zero-order chi connectivity index (χ0) is 30.8. The highest BCUT2D eigenvalue weighted by molar-refractivity contribution is 5.25. The second kappa shape index (κ2) is 11.6. The van der Waals surface area contributed by atoms with Crippen LogP contribution in [0.25, 0.3) is 0 Å². The first-order chi connectivity index (χ1) is 22.5. The number of rotatable bonds is 14. The summed E-state index contributed by atoms with van der Waals surface area (Å²) in [5.74, 6) is 3.28. The Morgan fingerprint density at radius 3 is 1.63 bits per heavy atom. The van der Waals surface area contributed by atoms with Crippen LogP contribution >= 0.6 is 0 Å². The summed E-state index contributed by atoms with van der Waals surface area (Å²) >= 11 is 0. The molecule has 0 amide bonds. The van der Waals surface area contributed by atoms with Crippen LogP contribution in [0.3, 0.4) is 0 Å². The fourth-order valence-corrected chi connectivity index (χ4v) is 11.4. The van der Waals surface area contributed by atoms with Gasteiger partial charge in [0.25, 0.3) is 0 Å². The minimum Gasteiger partial charge on any atom is -0.327 e. The molecule has 3 aliphatic carbocycles. The predicted octanol–water partition coefficient (Wildman–Crippen LogP) is 7.06. The van der Waals surface area contributed by atoms with Gasteiger partial charge < -0.3 is 5.73 Å². The van der Waals surface area contributed by atoms with Crippen molar-refractivity contribution in [2.24, 2.45) is 45.7 Å². The molecule has 6 fully saturated rings. The topological polar surface area (TPSA) is 35.7 Å². The average Bonchev–Trinajstić information content (AvgIpc) is 3.98. The molecule has 0 radical (unpaired) electrons.